The van der Waals surface area contributed by atoms with Gasteiger partial charge in [0.1, 0.15) is 12.2 Å². The molecular formula is C30H38N4O6. The first-order valence-corrected chi connectivity index (χ1v) is 14.2. The van der Waals surface area contributed by atoms with Gasteiger partial charge in [0.05, 0.1) is 24.3 Å². The summed E-state index contributed by atoms with van der Waals surface area (Å²) in [7, 11) is 4.25. The number of fused-ring (bicyclic) bond motifs is 1. The highest BCUT2D eigenvalue weighted by molar-refractivity contribution is 5.90. The third-order valence-electron chi connectivity index (χ3n) is 8.42. The number of esters is 2. The summed E-state index contributed by atoms with van der Waals surface area (Å²) in [6.07, 6.45) is -2.04. The van der Waals surface area contributed by atoms with Gasteiger partial charge in [-0.05, 0) is 62.6 Å². The number of nitrogens with zero attached hydrogens (tertiary/aromatic N) is 4. The molecule has 0 amide bonds. The van der Waals surface area contributed by atoms with Crippen LogP contribution in [0.1, 0.15) is 20.7 Å². The fourth-order valence-electron chi connectivity index (χ4n) is 5.79. The Morgan fingerprint density at radius 1 is 0.600 bits per heavy atom. The van der Waals surface area contributed by atoms with Crippen molar-refractivity contribution in [2.75, 3.05) is 89.5 Å². The third-order valence-corrected chi connectivity index (χ3v) is 8.42. The molecule has 4 aliphatic heterocycles. The van der Waals surface area contributed by atoms with Gasteiger partial charge in [-0.3, -0.25) is 0 Å². The Bertz CT molecular complexity index is 1080. The van der Waals surface area contributed by atoms with Gasteiger partial charge < -0.3 is 38.5 Å². The average Bonchev–Trinajstić information content (AvgIpc) is 3.57. The molecule has 10 nitrogen and oxygen atoms in total. The van der Waals surface area contributed by atoms with E-state index in [4.69, 9.17) is 18.9 Å². The van der Waals surface area contributed by atoms with Crippen LogP contribution in [-0.4, -0.2) is 126 Å². The Balaban J connectivity index is 1.000. The fraction of sp³-hybridized carbons (Fsp3) is 0.533. The van der Waals surface area contributed by atoms with Crippen LogP contribution in [0.25, 0.3) is 0 Å². The van der Waals surface area contributed by atoms with Gasteiger partial charge in [-0.15, -0.1) is 0 Å². The van der Waals surface area contributed by atoms with E-state index in [0.29, 0.717) is 11.1 Å². The summed E-state index contributed by atoms with van der Waals surface area (Å²) >= 11 is 0. The number of carbonyl (C=O) groups excluding carboxylic acids is 2. The quantitative estimate of drug-likeness (QED) is 0.496. The minimum Gasteiger partial charge on any atom is -0.453 e. The van der Waals surface area contributed by atoms with Gasteiger partial charge in [0.25, 0.3) is 0 Å². The molecule has 4 aliphatic rings. The zero-order valence-corrected chi connectivity index (χ0v) is 23.2. The molecule has 0 aromatic heterocycles. The van der Waals surface area contributed by atoms with Crippen molar-refractivity contribution in [3.05, 3.63) is 59.7 Å². The molecule has 0 saturated carbocycles. The minimum atomic E-state index is -0.554. The molecule has 10 heteroatoms. The van der Waals surface area contributed by atoms with E-state index >= 15 is 0 Å². The lowest BCUT2D eigenvalue weighted by Crippen LogP contribution is -2.44. The molecule has 4 fully saturated rings. The summed E-state index contributed by atoms with van der Waals surface area (Å²) in [6.45, 7) is 8.35. The number of hydrogen-bond donors (Lipinski definition) is 0. The average molecular weight is 551 g/mol. The lowest BCUT2D eigenvalue weighted by Gasteiger charge is -2.34. The smallest absolute Gasteiger partial charge is 0.338 e. The number of rotatable bonds is 6. The number of carbonyl (C=O) groups is 2. The van der Waals surface area contributed by atoms with E-state index in [1.54, 1.807) is 24.3 Å². The van der Waals surface area contributed by atoms with Crippen LogP contribution in [0, 0.1) is 0 Å². The maximum atomic E-state index is 12.9. The van der Waals surface area contributed by atoms with E-state index in [1.165, 1.54) is 0 Å². The normalized spacial score (nSPS) is 27.4. The summed E-state index contributed by atoms with van der Waals surface area (Å²) in [5.74, 6) is -0.827. The van der Waals surface area contributed by atoms with Gasteiger partial charge in [0.2, 0.25) is 0 Å². The van der Waals surface area contributed by atoms with E-state index in [1.807, 2.05) is 24.3 Å². The van der Waals surface area contributed by atoms with Crippen LogP contribution in [-0.2, 0) is 18.9 Å². The van der Waals surface area contributed by atoms with Crippen molar-refractivity contribution >= 4 is 23.3 Å². The minimum absolute atomic E-state index is 0.203. The summed E-state index contributed by atoms with van der Waals surface area (Å²) in [5, 5.41) is 0. The van der Waals surface area contributed by atoms with E-state index < -0.39 is 36.4 Å². The fourth-order valence-corrected chi connectivity index (χ4v) is 5.79. The molecule has 4 unspecified atom stereocenters. The van der Waals surface area contributed by atoms with Crippen molar-refractivity contribution in [1.29, 1.82) is 0 Å². The monoisotopic (exact) mass is 550 g/mol. The Morgan fingerprint density at radius 2 is 0.950 bits per heavy atom. The Hall–Kier alpha value is -3.18. The van der Waals surface area contributed by atoms with Crippen LogP contribution in [0.2, 0.25) is 0 Å². The van der Waals surface area contributed by atoms with Gasteiger partial charge in [-0.25, -0.2) is 9.59 Å². The molecule has 40 heavy (non-hydrogen) atoms. The zero-order chi connectivity index (χ0) is 27.6. The third kappa shape index (κ3) is 5.81. The number of likely N-dealkylation sites (N-methyl/N-ethyl adjacent to an activating group) is 2. The Kier molecular flexibility index (Phi) is 7.93. The van der Waals surface area contributed by atoms with E-state index in [-0.39, 0.29) is 13.2 Å². The van der Waals surface area contributed by atoms with Gasteiger partial charge in [-0.1, -0.05) is 0 Å². The van der Waals surface area contributed by atoms with Crippen LogP contribution in [0.5, 0.6) is 0 Å². The van der Waals surface area contributed by atoms with Crippen molar-refractivity contribution in [2.24, 2.45) is 0 Å². The second-order valence-electron chi connectivity index (χ2n) is 11.2. The summed E-state index contributed by atoms with van der Waals surface area (Å²) in [6, 6.07) is 15.1. The molecule has 0 spiro atoms. The predicted octanol–water partition coefficient (Wildman–Crippen LogP) is 1.74. The maximum absolute atomic E-state index is 12.9. The highest BCUT2D eigenvalue weighted by Gasteiger charge is 2.51. The maximum Gasteiger partial charge on any atom is 0.338 e. The molecule has 4 heterocycles. The number of hydrogen-bond acceptors (Lipinski definition) is 10. The van der Waals surface area contributed by atoms with Crippen LogP contribution in [0.4, 0.5) is 11.4 Å². The molecule has 0 bridgehead atoms. The topological polar surface area (TPSA) is 84.0 Å². The predicted molar refractivity (Wildman–Crippen MR) is 150 cm³/mol. The van der Waals surface area contributed by atoms with E-state index in [9.17, 15) is 9.59 Å². The first-order chi connectivity index (χ1) is 19.4. The molecule has 4 atom stereocenters. The highest BCUT2D eigenvalue weighted by Crippen LogP contribution is 2.32. The standard InChI is InChI=1S/C30H38N4O6/c1-31-11-15-33(16-12-31)23-7-3-21(4-8-23)29(35)39-25-19-37-28-26(20-38-27(25)28)40-30(36)22-5-9-24(10-6-22)34-17-13-32(2)14-18-34/h3-10,25-28H,11-20H2,1-2H3. The molecular weight excluding hydrogens is 512 g/mol. The van der Waals surface area contributed by atoms with Crippen LogP contribution < -0.4 is 9.80 Å². The molecule has 0 radical (unpaired) electrons. The number of piperazine rings is 2. The Labute approximate surface area is 235 Å². The number of benzene rings is 2. The first kappa shape index (κ1) is 27.0. The second-order valence-corrected chi connectivity index (χ2v) is 11.2. The van der Waals surface area contributed by atoms with Crippen LogP contribution >= 0.6 is 0 Å². The zero-order valence-electron chi connectivity index (χ0n) is 23.2. The highest BCUT2D eigenvalue weighted by atomic mass is 16.7. The van der Waals surface area contributed by atoms with Crippen LogP contribution in [0.15, 0.2) is 48.5 Å². The molecule has 2 aromatic carbocycles. The number of ether oxygens (including phenoxy) is 4. The summed E-state index contributed by atoms with van der Waals surface area (Å²) in [5.41, 5.74) is 3.18. The molecule has 6 rings (SSSR count). The lowest BCUT2D eigenvalue weighted by molar-refractivity contribution is -0.0287. The van der Waals surface area contributed by atoms with Crippen molar-refractivity contribution in [3.8, 4) is 0 Å². The van der Waals surface area contributed by atoms with Crippen molar-refractivity contribution < 1.29 is 28.5 Å². The van der Waals surface area contributed by atoms with Crippen molar-refractivity contribution in [1.82, 2.24) is 9.80 Å². The lowest BCUT2D eigenvalue weighted by atomic mass is 10.1. The van der Waals surface area contributed by atoms with Gasteiger partial charge in [0.15, 0.2) is 12.2 Å². The van der Waals surface area contributed by atoms with Gasteiger partial charge in [0, 0.05) is 63.7 Å². The van der Waals surface area contributed by atoms with E-state index in [2.05, 4.69) is 33.7 Å². The molecule has 0 N–H and O–H groups in total. The van der Waals surface area contributed by atoms with E-state index in [0.717, 1.165) is 63.7 Å². The summed E-state index contributed by atoms with van der Waals surface area (Å²) < 4.78 is 23.3. The first-order valence-electron chi connectivity index (χ1n) is 14.2. The second kappa shape index (κ2) is 11.7. The van der Waals surface area contributed by atoms with Gasteiger partial charge >= 0.3 is 11.9 Å². The molecule has 214 valence electrons. The van der Waals surface area contributed by atoms with Crippen LogP contribution in [0.3, 0.4) is 0 Å². The van der Waals surface area contributed by atoms with Crippen molar-refractivity contribution in [3.63, 3.8) is 0 Å². The SMILES string of the molecule is CN1CCN(c2ccc(C(=O)OC3COC4C(OC(=O)c5ccc(N6CCN(C)CC6)cc5)COC34)cc2)CC1. The molecule has 0 aliphatic carbocycles. The van der Waals surface area contributed by atoms with Crippen molar-refractivity contribution in [2.45, 2.75) is 24.4 Å². The Morgan fingerprint density at radius 3 is 1.30 bits per heavy atom. The van der Waals surface area contributed by atoms with Gasteiger partial charge in [-0.2, -0.15) is 0 Å². The number of anilines is 2. The largest absolute Gasteiger partial charge is 0.453 e. The summed E-state index contributed by atoms with van der Waals surface area (Å²) in [4.78, 5) is 35.0. The molecule has 4 saturated heterocycles. The molecule has 2 aromatic rings.